The van der Waals surface area contributed by atoms with Crippen LogP contribution in [0.5, 0.6) is 0 Å². The van der Waals surface area contributed by atoms with Gasteiger partial charge in [0.05, 0.1) is 23.3 Å². The van der Waals surface area contributed by atoms with E-state index in [9.17, 15) is 5.11 Å². The van der Waals surface area contributed by atoms with Crippen molar-refractivity contribution in [2.45, 2.75) is 25.8 Å². The van der Waals surface area contributed by atoms with Crippen LogP contribution in [0.15, 0.2) is 30.5 Å². The molecule has 0 aliphatic rings. The Hall–Kier alpha value is -1.81. The summed E-state index contributed by atoms with van der Waals surface area (Å²) in [6.07, 6.45) is 2.57. The molecule has 0 saturated heterocycles. The van der Waals surface area contributed by atoms with Crippen molar-refractivity contribution in [2.75, 3.05) is 17.7 Å². The molecule has 4 N–H and O–H groups in total. The molecule has 1 aromatic heterocycles. The maximum absolute atomic E-state index is 9.47. The van der Waals surface area contributed by atoms with Gasteiger partial charge in [0.2, 0.25) is 0 Å². The minimum absolute atomic E-state index is 0.0716. The number of nitrogen functional groups attached to an aromatic ring is 1. The molecule has 4 nitrogen and oxygen atoms in total. The molecule has 1 heterocycles. The maximum atomic E-state index is 9.47. The van der Waals surface area contributed by atoms with E-state index in [2.05, 4.69) is 10.3 Å². The van der Waals surface area contributed by atoms with Crippen molar-refractivity contribution < 1.29 is 5.11 Å². The normalized spacial score (nSPS) is 14.4. The smallest absolute Gasteiger partial charge is 0.0954 e. The van der Waals surface area contributed by atoms with Gasteiger partial charge in [-0.15, -0.1) is 0 Å². The summed E-state index contributed by atoms with van der Waals surface area (Å²) in [5.41, 5.74) is 8.04. The third-order valence-electron chi connectivity index (χ3n) is 3.37. The molecular formula is C14H19N3O. The van der Waals surface area contributed by atoms with E-state index in [0.29, 0.717) is 5.69 Å². The Morgan fingerprint density at radius 2 is 2.17 bits per heavy atom. The van der Waals surface area contributed by atoms with E-state index in [1.54, 1.807) is 6.20 Å². The van der Waals surface area contributed by atoms with E-state index in [1.165, 1.54) is 0 Å². The fourth-order valence-corrected chi connectivity index (χ4v) is 1.86. The Morgan fingerprint density at radius 1 is 1.39 bits per heavy atom. The van der Waals surface area contributed by atoms with E-state index in [4.69, 9.17) is 5.73 Å². The number of pyridine rings is 1. The SMILES string of the molecule is CCC(C)(CO)Nc1ccc(N)c2cccnc12. The lowest BCUT2D eigenvalue weighted by Gasteiger charge is -2.29. The predicted molar refractivity (Wildman–Crippen MR) is 75.6 cm³/mol. The van der Waals surface area contributed by atoms with Crippen LogP contribution in [-0.2, 0) is 0 Å². The zero-order valence-electron chi connectivity index (χ0n) is 10.8. The molecule has 0 bridgehead atoms. The lowest BCUT2D eigenvalue weighted by Crippen LogP contribution is -2.38. The van der Waals surface area contributed by atoms with Gasteiger partial charge in [-0.05, 0) is 37.6 Å². The largest absolute Gasteiger partial charge is 0.398 e. The summed E-state index contributed by atoms with van der Waals surface area (Å²) in [7, 11) is 0. The van der Waals surface area contributed by atoms with E-state index in [-0.39, 0.29) is 12.1 Å². The number of nitrogens with zero attached hydrogens (tertiary/aromatic N) is 1. The van der Waals surface area contributed by atoms with Gasteiger partial charge in [0, 0.05) is 17.3 Å². The zero-order valence-corrected chi connectivity index (χ0v) is 10.8. The molecule has 0 amide bonds. The maximum Gasteiger partial charge on any atom is 0.0954 e. The Kier molecular flexibility index (Phi) is 3.39. The van der Waals surface area contributed by atoms with Crippen molar-refractivity contribution in [1.82, 2.24) is 4.98 Å². The first kappa shape index (κ1) is 12.6. The summed E-state index contributed by atoms with van der Waals surface area (Å²) >= 11 is 0. The highest BCUT2D eigenvalue weighted by Gasteiger charge is 2.21. The Morgan fingerprint density at radius 3 is 2.83 bits per heavy atom. The van der Waals surface area contributed by atoms with Crippen LogP contribution < -0.4 is 11.1 Å². The molecule has 18 heavy (non-hydrogen) atoms. The van der Waals surface area contributed by atoms with Gasteiger partial charge in [-0.2, -0.15) is 0 Å². The second kappa shape index (κ2) is 4.82. The Bertz CT molecular complexity index is 550. The van der Waals surface area contributed by atoms with Gasteiger partial charge in [-0.3, -0.25) is 4.98 Å². The number of aliphatic hydroxyl groups is 1. The van der Waals surface area contributed by atoms with Crippen molar-refractivity contribution in [1.29, 1.82) is 0 Å². The fourth-order valence-electron chi connectivity index (χ4n) is 1.86. The number of fused-ring (bicyclic) bond motifs is 1. The van der Waals surface area contributed by atoms with Crippen molar-refractivity contribution in [2.24, 2.45) is 0 Å². The number of rotatable bonds is 4. The van der Waals surface area contributed by atoms with E-state index in [1.807, 2.05) is 38.1 Å². The number of nitrogens with two attached hydrogens (primary N) is 1. The second-order valence-corrected chi connectivity index (χ2v) is 4.80. The quantitative estimate of drug-likeness (QED) is 0.723. The van der Waals surface area contributed by atoms with Gasteiger partial charge in [0.25, 0.3) is 0 Å². The molecule has 0 fully saturated rings. The number of aliphatic hydroxyl groups excluding tert-OH is 1. The van der Waals surface area contributed by atoms with Gasteiger partial charge < -0.3 is 16.2 Å². The lowest BCUT2D eigenvalue weighted by molar-refractivity contribution is 0.219. The van der Waals surface area contributed by atoms with Crippen LogP contribution in [0, 0.1) is 0 Å². The molecule has 4 heteroatoms. The number of benzene rings is 1. The van der Waals surface area contributed by atoms with Crippen LogP contribution in [-0.4, -0.2) is 22.2 Å². The van der Waals surface area contributed by atoms with E-state index >= 15 is 0 Å². The average molecular weight is 245 g/mol. The highest BCUT2D eigenvalue weighted by Crippen LogP contribution is 2.28. The molecule has 0 aliphatic heterocycles. The molecule has 96 valence electrons. The van der Waals surface area contributed by atoms with Crippen LogP contribution >= 0.6 is 0 Å². The second-order valence-electron chi connectivity index (χ2n) is 4.80. The third kappa shape index (κ3) is 2.24. The minimum atomic E-state index is -0.347. The molecule has 0 aliphatic carbocycles. The van der Waals surface area contributed by atoms with Gasteiger partial charge in [0.1, 0.15) is 0 Å². The molecule has 0 radical (unpaired) electrons. The number of anilines is 2. The van der Waals surface area contributed by atoms with Crippen LogP contribution in [0.2, 0.25) is 0 Å². The molecule has 2 aromatic rings. The number of hydrogen-bond acceptors (Lipinski definition) is 4. The van der Waals surface area contributed by atoms with Crippen LogP contribution in [0.3, 0.4) is 0 Å². The number of nitrogens with one attached hydrogen (secondary N) is 1. The molecular weight excluding hydrogens is 226 g/mol. The first-order valence-electron chi connectivity index (χ1n) is 6.12. The van der Waals surface area contributed by atoms with Crippen molar-refractivity contribution in [3.63, 3.8) is 0 Å². The topological polar surface area (TPSA) is 71.2 Å². The van der Waals surface area contributed by atoms with E-state index < -0.39 is 0 Å². The number of hydrogen-bond donors (Lipinski definition) is 3. The summed E-state index contributed by atoms with van der Waals surface area (Å²) in [6.45, 7) is 4.09. The fraction of sp³-hybridized carbons (Fsp3) is 0.357. The van der Waals surface area contributed by atoms with Crippen molar-refractivity contribution in [3.8, 4) is 0 Å². The molecule has 1 unspecified atom stereocenters. The molecule has 2 rings (SSSR count). The summed E-state index contributed by atoms with van der Waals surface area (Å²) in [6, 6.07) is 7.59. The summed E-state index contributed by atoms with van der Waals surface area (Å²) in [4.78, 5) is 4.37. The average Bonchev–Trinajstić information content (AvgIpc) is 2.42. The van der Waals surface area contributed by atoms with E-state index in [0.717, 1.165) is 23.0 Å². The predicted octanol–water partition coefficient (Wildman–Crippen LogP) is 2.39. The molecule has 1 aromatic carbocycles. The van der Waals surface area contributed by atoms with Gasteiger partial charge in [-0.25, -0.2) is 0 Å². The number of aromatic nitrogens is 1. The highest BCUT2D eigenvalue weighted by molar-refractivity contribution is 5.98. The monoisotopic (exact) mass is 245 g/mol. The standard InChI is InChI=1S/C14H19N3O/c1-3-14(2,9-18)17-12-7-6-11(15)10-5-4-8-16-13(10)12/h4-8,17-18H,3,9,15H2,1-2H3. The van der Waals surface area contributed by atoms with Gasteiger partial charge in [-0.1, -0.05) is 6.92 Å². The molecule has 0 spiro atoms. The van der Waals surface area contributed by atoms with Crippen molar-refractivity contribution in [3.05, 3.63) is 30.5 Å². The Labute approximate surface area is 107 Å². The summed E-state index contributed by atoms with van der Waals surface area (Å²) in [5, 5.41) is 13.8. The summed E-state index contributed by atoms with van der Waals surface area (Å²) < 4.78 is 0. The summed E-state index contributed by atoms with van der Waals surface area (Å²) in [5.74, 6) is 0. The molecule has 0 saturated carbocycles. The van der Waals surface area contributed by atoms with Crippen LogP contribution in [0.1, 0.15) is 20.3 Å². The molecule has 1 atom stereocenters. The van der Waals surface area contributed by atoms with Crippen molar-refractivity contribution >= 4 is 22.3 Å². The van der Waals surface area contributed by atoms with Gasteiger partial charge in [0.15, 0.2) is 0 Å². The first-order valence-corrected chi connectivity index (χ1v) is 6.12. The van der Waals surface area contributed by atoms with Crippen LogP contribution in [0.25, 0.3) is 10.9 Å². The zero-order chi connectivity index (χ0) is 13.2. The minimum Gasteiger partial charge on any atom is -0.398 e. The lowest BCUT2D eigenvalue weighted by atomic mass is 9.99. The Balaban J connectivity index is 2.49. The first-order chi connectivity index (χ1) is 8.59. The highest BCUT2D eigenvalue weighted by atomic mass is 16.3. The van der Waals surface area contributed by atoms with Gasteiger partial charge >= 0.3 is 0 Å². The third-order valence-corrected chi connectivity index (χ3v) is 3.37. The van der Waals surface area contributed by atoms with Crippen LogP contribution in [0.4, 0.5) is 11.4 Å².